The molecule has 1 saturated heterocycles. The largest absolute Gasteiger partial charge is 0.389 e. The zero-order valence-corrected chi connectivity index (χ0v) is 13.5. The molecule has 1 aromatic heterocycles. The number of hydrogen-bond acceptors (Lipinski definition) is 3. The molecule has 1 atom stereocenters. The van der Waals surface area contributed by atoms with Crippen molar-refractivity contribution in [2.45, 2.75) is 57.0 Å². The van der Waals surface area contributed by atoms with Crippen molar-refractivity contribution in [3.8, 4) is 0 Å². The summed E-state index contributed by atoms with van der Waals surface area (Å²) >= 11 is 0. The Morgan fingerprint density at radius 1 is 1.41 bits per heavy atom. The molecule has 0 radical (unpaired) electrons. The highest BCUT2D eigenvalue weighted by Crippen LogP contribution is 2.32. The van der Waals surface area contributed by atoms with Crippen molar-refractivity contribution in [2.24, 2.45) is 13.0 Å². The van der Waals surface area contributed by atoms with Crippen molar-refractivity contribution in [1.82, 2.24) is 14.7 Å². The third-order valence-corrected chi connectivity index (χ3v) is 5.19. The Morgan fingerprint density at radius 3 is 2.86 bits per heavy atom. The van der Waals surface area contributed by atoms with E-state index in [1.54, 1.807) is 0 Å². The van der Waals surface area contributed by atoms with Crippen LogP contribution in [0.3, 0.4) is 0 Å². The summed E-state index contributed by atoms with van der Waals surface area (Å²) in [7, 11) is 1.93. The van der Waals surface area contributed by atoms with Gasteiger partial charge in [-0.15, -0.1) is 0 Å². The molecular weight excluding hydrogens is 278 g/mol. The number of aromatic nitrogens is 2. The molecule has 5 nitrogen and oxygen atoms in total. The monoisotopic (exact) mass is 305 g/mol. The van der Waals surface area contributed by atoms with Gasteiger partial charge >= 0.3 is 0 Å². The first-order valence-electron chi connectivity index (χ1n) is 8.52. The van der Waals surface area contributed by atoms with Gasteiger partial charge in [0.15, 0.2) is 0 Å². The van der Waals surface area contributed by atoms with Crippen LogP contribution in [-0.2, 0) is 18.3 Å². The maximum absolute atomic E-state index is 12.5. The Labute approximate surface area is 132 Å². The molecule has 1 N–H and O–H groups in total. The van der Waals surface area contributed by atoms with Crippen LogP contribution in [0.4, 0.5) is 0 Å². The predicted molar refractivity (Wildman–Crippen MR) is 84.3 cm³/mol. The molecule has 0 aromatic carbocycles. The minimum atomic E-state index is -0.739. The molecule has 0 bridgehead atoms. The first kappa shape index (κ1) is 15.5. The zero-order valence-electron chi connectivity index (χ0n) is 13.5. The van der Waals surface area contributed by atoms with Gasteiger partial charge in [0.1, 0.15) is 0 Å². The predicted octanol–water partition coefficient (Wildman–Crippen LogP) is 1.90. The minimum absolute atomic E-state index is 0.137. The summed E-state index contributed by atoms with van der Waals surface area (Å²) < 4.78 is 1.83. The van der Waals surface area contributed by atoms with Crippen LogP contribution < -0.4 is 0 Å². The summed E-state index contributed by atoms with van der Waals surface area (Å²) in [6.45, 7) is 1.66. The third kappa shape index (κ3) is 3.69. The van der Waals surface area contributed by atoms with Crippen molar-refractivity contribution in [2.75, 3.05) is 13.1 Å². The van der Waals surface area contributed by atoms with Gasteiger partial charge in [-0.05, 0) is 37.2 Å². The average Bonchev–Trinajstić information content (AvgIpc) is 3.09. The number of likely N-dealkylation sites (tertiary alicyclic amines) is 1. The van der Waals surface area contributed by atoms with Crippen LogP contribution in [0.5, 0.6) is 0 Å². The average molecular weight is 305 g/mol. The fourth-order valence-corrected chi connectivity index (χ4v) is 3.92. The lowest BCUT2D eigenvalue weighted by Gasteiger charge is -2.32. The molecule has 22 heavy (non-hydrogen) atoms. The molecule has 1 aliphatic carbocycles. The van der Waals surface area contributed by atoms with Crippen LogP contribution in [0.15, 0.2) is 12.4 Å². The smallest absolute Gasteiger partial charge is 0.225 e. The molecular formula is C17H27N3O2. The quantitative estimate of drug-likeness (QED) is 0.924. The second kappa shape index (κ2) is 6.41. The van der Waals surface area contributed by atoms with E-state index in [0.29, 0.717) is 12.3 Å². The van der Waals surface area contributed by atoms with E-state index in [9.17, 15) is 9.90 Å². The standard InChI is InChI=1S/C17H27N3O2/c1-19-12-15(11-18-19)9-14-5-8-20(13-14)16(21)10-17(22)6-3-2-4-7-17/h11-12,14,22H,2-10,13H2,1H3/t14-/m1/s1. The van der Waals surface area contributed by atoms with Gasteiger partial charge in [-0.2, -0.15) is 5.10 Å². The van der Waals surface area contributed by atoms with E-state index >= 15 is 0 Å². The van der Waals surface area contributed by atoms with Gasteiger partial charge in [0, 0.05) is 26.3 Å². The molecule has 1 saturated carbocycles. The number of carbonyl (C=O) groups excluding carboxylic acids is 1. The van der Waals surface area contributed by atoms with Crippen LogP contribution in [0.25, 0.3) is 0 Å². The van der Waals surface area contributed by atoms with Crippen LogP contribution in [-0.4, -0.2) is 44.4 Å². The fourth-order valence-electron chi connectivity index (χ4n) is 3.92. The molecule has 5 heteroatoms. The maximum atomic E-state index is 12.5. The topological polar surface area (TPSA) is 58.4 Å². The molecule has 0 unspecified atom stereocenters. The number of rotatable bonds is 4. The summed E-state index contributed by atoms with van der Waals surface area (Å²) in [5.74, 6) is 0.659. The van der Waals surface area contributed by atoms with Crippen LogP contribution in [0.1, 0.15) is 50.5 Å². The Morgan fingerprint density at radius 2 is 2.18 bits per heavy atom. The molecule has 1 aromatic rings. The summed E-state index contributed by atoms with van der Waals surface area (Å²) in [5.41, 5.74) is 0.504. The van der Waals surface area contributed by atoms with E-state index in [1.165, 1.54) is 12.0 Å². The molecule has 2 aliphatic rings. The van der Waals surface area contributed by atoms with Crippen LogP contribution in [0.2, 0.25) is 0 Å². The van der Waals surface area contributed by atoms with Crippen molar-refractivity contribution >= 4 is 5.91 Å². The lowest BCUT2D eigenvalue weighted by molar-refractivity contribution is -0.136. The lowest BCUT2D eigenvalue weighted by atomic mass is 9.82. The van der Waals surface area contributed by atoms with Gasteiger partial charge in [-0.3, -0.25) is 9.48 Å². The van der Waals surface area contributed by atoms with E-state index in [1.807, 2.05) is 22.8 Å². The summed E-state index contributed by atoms with van der Waals surface area (Å²) in [5, 5.41) is 14.7. The van der Waals surface area contributed by atoms with Gasteiger partial charge in [0.05, 0.1) is 18.2 Å². The van der Waals surface area contributed by atoms with Gasteiger partial charge in [0.2, 0.25) is 5.91 Å². The van der Waals surface area contributed by atoms with Gasteiger partial charge in [-0.25, -0.2) is 0 Å². The van der Waals surface area contributed by atoms with E-state index in [4.69, 9.17) is 0 Å². The Bertz CT molecular complexity index is 520. The first-order valence-corrected chi connectivity index (χ1v) is 8.52. The van der Waals surface area contributed by atoms with Gasteiger partial charge < -0.3 is 10.0 Å². The third-order valence-electron chi connectivity index (χ3n) is 5.19. The molecule has 122 valence electrons. The highest BCUT2D eigenvalue weighted by atomic mass is 16.3. The van der Waals surface area contributed by atoms with Crippen LogP contribution >= 0.6 is 0 Å². The molecule has 2 fully saturated rings. The van der Waals surface area contributed by atoms with Gasteiger partial charge in [-0.1, -0.05) is 19.3 Å². The zero-order chi connectivity index (χ0) is 15.6. The van der Waals surface area contributed by atoms with E-state index in [2.05, 4.69) is 11.3 Å². The highest BCUT2D eigenvalue weighted by molar-refractivity contribution is 5.77. The second-order valence-corrected chi connectivity index (χ2v) is 7.18. The van der Waals surface area contributed by atoms with E-state index < -0.39 is 5.60 Å². The van der Waals surface area contributed by atoms with E-state index in [-0.39, 0.29) is 5.91 Å². The Kier molecular flexibility index (Phi) is 4.52. The van der Waals surface area contributed by atoms with Crippen molar-refractivity contribution < 1.29 is 9.90 Å². The lowest BCUT2D eigenvalue weighted by Crippen LogP contribution is -2.39. The molecule has 1 amide bonds. The SMILES string of the molecule is Cn1cc(C[C@H]2CCN(C(=O)CC3(O)CCCCC3)C2)cn1. The number of nitrogens with zero attached hydrogens (tertiary/aromatic N) is 3. The summed E-state index contributed by atoms with van der Waals surface area (Å²) in [4.78, 5) is 14.4. The fraction of sp³-hybridized carbons (Fsp3) is 0.765. The minimum Gasteiger partial charge on any atom is -0.389 e. The normalized spacial score (nSPS) is 24.6. The number of aliphatic hydroxyl groups is 1. The number of hydrogen-bond donors (Lipinski definition) is 1. The Hall–Kier alpha value is -1.36. The summed E-state index contributed by atoms with van der Waals surface area (Å²) in [6.07, 6.45) is 11.2. The maximum Gasteiger partial charge on any atom is 0.225 e. The van der Waals surface area contributed by atoms with E-state index in [0.717, 1.165) is 51.6 Å². The highest BCUT2D eigenvalue weighted by Gasteiger charge is 2.35. The number of aryl methyl sites for hydroxylation is 1. The second-order valence-electron chi connectivity index (χ2n) is 7.18. The molecule has 1 aliphatic heterocycles. The Balaban J connectivity index is 1.50. The summed E-state index contributed by atoms with van der Waals surface area (Å²) in [6, 6.07) is 0. The van der Waals surface area contributed by atoms with Crippen LogP contribution in [0, 0.1) is 5.92 Å². The molecule has 2 heterocycles. The van der Waals surface area contributed by atoms with Crippen molar-refractivity contribution in [1.29, 1.82) is 0 Å². The van der Waals surface area contributed by atoms with Gasteiger partial charge in [0.25, 0.3) is 0 Å². The first-order chi connectivity index (χ1) is 10.5. The van der Waals surface area contributed by atoms with Crippen molar-refractivity contribution in [3.63, 3.8) is 0 Å². The van der Waals surface area contributed by atoms with Crippen molar-refractivity contribution in [3.05, 3.63) is 18.0 Å². The molecule has 0 spiro atoms. The number of carbonyl (C=O) groups is 1. The molecule has 3 rings (SSSR count). The number of amides is 1.